The highest BCUT2D eigenvalue weighted by atomic mass is 16.6. The number of allylic oxidation sites excluding steroid dienone is 4. The lowest BCUT2D eigenvalue weighted by Crippen LogP contribution is -2.50. The molecule has 1 aliphatic carbocycles. The number of hydrogen-bond donors (Lipinski definition) is 1. The molecule has 1 aliphatic rings. The third-order valence-corrected chi connectivity index (χ3v) is 17.5. The molecule has 0 radical (unpaired) electrons. The summed E-state index contributed by atoms with van der Waals surface area (Å²) in [5.74, 6) is 0. The summed E-state index contributed by atoms with van der Waals surface area (Å²) >= 11 is 0. The average Bonchev–Trinajstić information content (AvgIpc) is 3.97. The van der Waals surface area contributed by atoms with Crippen LogP contribution in [-0.2, 0) is 15.6 Å². The van der Waals surface area contributed by atoms with Crippen LogP contribution in [0.4, 0.5) is 0 Å². The van der Waals surface area contributed by atoms with Crippen molar-refractivity contribution in [1.29, 1.82) is 0 Å². The van der Waals surface area contributed by atoms with Crippen molar-refractivity contribution >= 4 is 132 Å². The van der Waals surface area contributed by atoms with Crippen molar-refractivity contribution in [2.75, 3.05) is 0 Å². The van der Waals surface area contributed by atoms with Crippen LogP contribution in [0.5, 0.6) is 0 Å². The Hall–Kier alpha value is -9.29. The first-order valence-electron chi connectivity index (χ1n) is 28.9. The van der Waals surface area contributed by atoms with E-state index in [2.05, 4.69) is 277 Å². The van der Waals surface area contributed by atoms with E-state index in [1.807, 2.05) is 6.08 Å². The highest BCUT2D eigenvalue weighted by Crippen LogP contribution is 2.44. The van der Waals surface area contributed by atoms with Crippen LogP contribution >= 0.6 is 0 Å². The van der Waals surface area contributed by atoms with Gasteiger partial charge in [0.25, 0.3) is 7.48 Å². The smallest absolute Gasteiger partial charge is 0.471 e. The molecule has 14 rings (SSSR count). The first kappa shape index (κ1) is 51.8. The first-order valence-corrected chi connectivity index (χ1v) is 28.9. The first-order chi connectivity index (χ1) is 40.8. The zero-order chi connectivity index (χ0) is 56.3. The van der Waals surface area contributed by atoms with Crippen molar-refractivity contribution in [3.63, 3.8) is 0 Å². The van der Waals surface area contributed by atoms with Gasteiger partial charge in [-0.05, 0) is 198 Å². The summed E-state index contributed by atoms with van der Waals surface area (Å²) in [6, 6.07) is 73.8. The third-order valence-electron chi connectivity index (χ3n) is 17.5. The molecule has 0 heterocycles. The number of benzene rings is 13. The molecule has 0 unspecified atom stereocenters. The lowest BCUT2D eigenvalue weighted by molar-refractivity contribution is 0.393. The fourth-order valence-corrected chi connectivity index (χ4v) is 13.7. The van der Waals surface area contributed by atoms with Gasteiger partial charge < -0.3 is 14.2 Å². The summed E-state index contributed by atoms with van der Waals surface area (Å²) in [4.78, 5) is 0. The Morgan fingerprint density at radius 3 is 1.35 bits per heavy atom. The van der Waals surface area contributed by atoms with E-state index in [1.54, 1.807) is 0 Å². The quantitative estimate of drug-likeness (QED) is 0.0979. The van der Waals surface area contributed by atoms with Gasteiger partial charge in [-0.3, -0.25) is 0 Å². The Kier molecular flexibility index (Phi) is 13.5. The van der Waals surface area contributed by atoms with Crippen molar-refractivity contribution in [1.82, 2.24) is 0 Å². The fourth-order valence-electron chi connectivity index (χ4n) is 13.7. The summed E-state index contributed by atoms with van der Waals surface area (Å²) < 4.78 is 15.1. The molecular formula is C77H59B3O3. The van der Waals surface area contributed by atoms with E-state index < -0.39 is 14.2 Å². The van der Waals surface area contributed by atoms with E-state index in [0.717, 1.165) is 92.8 Å². The molecule has 0 fully saturated rings. The average molecular weight is 1060 g/mol. The van der Waals surface area contributed by atoms with Crippen molar-refractivity contribution < 1.29 is 14.2 Å². The van der Waals surface area contributed by atoms with Gasteiger partial charge in [0.15, 0.2) is 0 Å². The fraction of sp³-hybridized carbons (Fsp3) is 0.0649. The molecule has 13 aromatic carbocycles. The minimum absolute atomic E-state index is 0.176. The van der Waals surface area contributed by atoms with Crippen molar-refractivity contribution in [2.24, 2.45) is 0 Å². The number of aryl methyl sites for hydroxylation is 3. The highest BCUT2D eigenvalue weighted by molar-refractivity contribution is 6.81. The lowest BCUT2D eigenvalue weighted by Gasteiger charge is -2.27. The number of rotatable bonds is 12. The zero-order valence-electron chi connectivity index (χ0n) is 47.2. The predicted molar refractivity (Wildman–Crippen MR) is 361 cm³/mol. The molecule has 3 nitrogen and oxygen atoms in total. The van der Waals surface area contributed by atoms with E-state index in [9.17, 15) is 5.02 Å². The molecule has 6 heteroatoms. The monoisotopic (exact) mass is 1060 g/mol. The standard InChI is InChI=1S/C77H59B3O3/c1-6-25-68-51(7-2)72(63-45-42-48(3)52-26-11-14-29-55(52)63)62-36-20-24-41-71(62)77(68)80(82-78-75-66-37-10-8-9-32-58(66)73(59-33-17-21-38-67(59)75)64-46-43-49(4)53-27-12-15-30-56(53)64)83-79(81)76-69-39-22-18-34-60(69)74(61-35-19-23-40-70(61)76)65-47-44-50(5)54-28-13-16-31-57(54)65/h6-36,38-47,78,81H,2,37H2,1,3-5H3/b25-6-. The molecule has 0 saturated carbocycles. The molecule has 0 aromatic heterocycles. The third kappa shape index (κ3) is 8.68. The van der Waals surface area contributed by atoms with Crippen LogP contribution in [0.25, 0.3) is 127 Å². The minimum Gasteiger partial charge on any atom is -0.471 e. The molecule has 0 bridgehead atoms. The molecule has 0 saturated heterocycles. The summed E-state index contributed by atoms with van der Waals surface area (Å²) in [7, 11) is -2.40. The zero-order valence-corrected chi connectivity index (χ0v) is 47.2. The van der Waals surface area contributed by atoms with Crippen molar-refractivity contribution in [3.05, 3.63) is 276 Å². The minimum atomic E-state index is -1.46. The second kappa shape index (κ2) is 21.6. The van der Waals surface area contributed by atoms with Crippen LogP contribution in [-0.4, -0.2) is 26.7 Å². The molecule has 13 aromatic rings. The second-order valence-electron chi connectivity index (χ2n) is 22.1. The molecule has 83 heavy (non-hydrogen) atoms. The van der Waals surface area contributed by atoms with Crippen LogP contribution in [0.3, 0.4) is 0 Å². The van der Waals surface area contributed by atoms with Gasteiger partial charge in [0, 0.05) is 0 Å². The van der Waals surface area contributed by atoms with Crippen molar-refractivity contribution in [3.8, 4) is 33.4 Å². The van der Waals surface area contributed by atoms with Crippen LogP contribution < -0.4 is 16.4 Å². The Labute approximate surface area is 486 Å². The molecule has 0 atom stereocenters. The largest absolute Gasteiger partial charge is 0.479 e. The Balaban J connectivity index is 1.01. The molecule has 394 valence electrons. The second-order valence-corrected chi connectivity index (χ2v) is 22.1. The summed E-state index contributed by atoms with van der Waals surface area (Å²) in [5, 5.41) is 28.8. The summed E-state index contributed by atoms with van der Waals surface area (Å²) in [6.07, 6.45) is 15.8. The van der Waals surface area contributed by atoms with Gasteiger partial charge in [-0.15, -0.1) is 0 Å². The summed E-state index contributed by atoms with van der Waals surface area (Å²) in [6.45, 7) is 13.2. The van der Waals surface area contributed by atoms with Crippen molar-refractivity contribution in [2.45, 2.75) is 34.1 Å². The Morgan fingerprint density at radius 1 is 0.446 bits per heavy atom. The van der Waals surface area contributed by atoms with Gasteiger partial charge in [-0.2, -0.15) is 0 Å². The van der Waals surface area contributed by atoms with E-state index in [4.69, 9.17) is 9.14 Å². The van der Waals surface area contributed by atoms with Crippen LogP contribution in [0.1, 0.15) is 45.9 Å². The Morgan fingerprint density at radius 2 is 0.855 bits per heavy atom. The molecule has 0 spiro atoms. The van der Waals surface area contributed by atoms with Gasteiger partial charge in [0.1, 0.15) is 0 Å². The number of fused-ring (bicyclic) bond motifs is 8. The normalized spacial score (nSPS) is 12.3. The highest BCUT2D eigenvalue weighted by Gasteiger charge is 2.37. The maximum absolute atomic E-state index is 13.5. The topological polar surface area (TPSA) is 38.7 Å². The lowest BCUT2D eigenvalue weighted by atomic mass is 9.63. The van der Waals surface area contributed by atoms with E-state index in [1.165, 1.54) is 65.9 Å². The maximum atomic E-state index is 13.5. The Bertz CT molecular complexity index is 4860. The van der Waals surface area contributed by atoms with Gasteiger partial charge in [-0.1, -0.05) is 255 Å². The van der Waals surface area contributed by atoms with Gasteiger partial charge in [0.2, 0.25) is 0 Å². The molecule has 0 amide bonds. The van der Waals surface area contributed by atoms with Crippen LogP contribution in [0, 0.1) is 20.8 Å². The van der Waals surface area contributed by atoms with E-state index >= 15 is 0 Å². The molecule has 0 aliphatic heterocycles. The van der Waals surface area contributed by atoms with Crippen LogP contribution in [0.2, 0.25) is 0 Å². The van der Waals surface area contributed by atoms with E-state index in [-0.39, 0.29) is 7.48 Å². The predicted octanol–water partition coefficient (Wildman–Crippen LogP) is 17.3. The summed E-state index contributed by atoms with van der Waals surface area (Å²) in [5.41, 5.74) is 17.3. The van der Waals surface area contributed by atoms with Gasteiger partial charge >= 0.3 is 14.2 Å². The maximum Gasteiger partial charge on any atom is 0.479 e. The van der Waals surface area contributed by atoms with Gasteiger partial charge in [-0.25, -0.2) is 0 Å². The van der Waals surface area contributed by atoms with Gasteiger partial charge in [0.05, 0.1) is 0 Å². The van der Waals surface area contributed by atoms with Crippen LogP contribution in [0.15, 0.2) is 237 Å². The SMILES string of the molecule is C=Cc1c(/C=C\C)c(B(OBc2c3c(c(-c4ccc(C)c5ccccc45)c4ccccc24)C=CC=CC3)OB(O)c2c3ccccc3c(-c3ccc(C)c4ccccc34)c3ccccc23)c2ccccc2c1-c1ccc(C)c2ccccc12. The molecule has 1 N–H and O–H groups in total. The molecular weight excluding hydrogens is 1010 g/mol. The number of hydrogen-bond acceptors (Lipinski definition) is 3. The van der Waals surface area contributed by atoms with E-state index in [0.29, 0.717) is 11.9 Å².